The lowest BCUT2D eigenvalue weighted by atomic mass is 10.4. The fraction of sp³-hybridized carbons (Fsp3) is 0.455. The van der Waals surface area contributed by atoms with Gasteiger partial charge in [0.1, 0.15) is 0 Å². The summed E-state index contributed by atoms with van der Waals surface area (Å²) in [6.45, 7) is 3.31. The van der Waals surface area contributed by atoms with E-state index in [0.29, 0.717) is 5.76 Å². The Hall–Kier alpha value is -1.78. The number of hydrogen-bond donors (Lipinski definition) is 0. The van der Waals surface area contributed by atoms with E-state index in [0.717, 1.165) is 0 Å². The Morgan fingerprint density at radius 1 is 1.25 bits per heavy atom. The minimum absolute atomic E-state index is 0.209. The second kappa shape index (κ2) is 5.95. The molecule has 1 aromatic rings. The molecule has 1 aromatic heterocycles. The highest BCUT2D eigenvalue weighted by molar-refractivity contribution is 5.71. The second-order valence-corrected chi connectivity index (χ2v) is 3.03. The Morgan fingerprint density at radius 2 is 1.81 bits per heavy atom. The van der Waals surface area contributed by atoms with Gasteiger partial charge in [-0.15, -0.1) is 0 Å². The third kappa shape index (κ3) is 3.42. The zero-order valence-corrected chi connectivity index (χ0v) is 9.26. The number of carbonyl (C=O) groups excluding carboxylic acids is 2. The van der Waals surface area contributed by atoms with Crippen LogP contribution in [0.1, 0.15) is 38.7 Å². The van der Waals surface area contributed by atoms with E-state index in [2.05, 4.69) is 0 Å². The first kappa shape index (κ1) is 12.3. The van der Waals surface area contributed by atoms with E-state index in [9.17, 15) is 9.59 Å². The molecular weight excluding hydrogens is 212 g/mol. The van der Waals surface area contributed by atoms with Gasteiger partial charge in [0, 0.05) is 12.8 Å². The molecule has 5 heteroatoms. The van der Waals surface area contributed by atoms with E-state index in [1.165, 1.54) is 6.26 Å². The van der Waals surface area contributed by atoms with Crippen molar-refractivity contribution in [1.82, 2.24) is 0 Å². The number of rotatable bonds is 5. The fourth-order valence-corrected chi connectivity index (χ4v) is 0.971. The molecule has 0 aliphatic heterocycles. The number of hydrogen-bond acceptors (Lipinski definition) is 5. The molecule has 0 radical (unpaired) electrons. The van der Waals surface area contributed by atoms with E-state index < -0.39 is 18.2 Å². The molecule has 0 atom stereocenters. The lowest BCUT2D eigenvalue weighted by Gasteiger charge is -2.15. The van der Waals surface area contributed by atoms with Crippen molar-refractivity contribution in [2.75, 3.05) is 0 Å². The molecule has 0 saturated carbocycles. The van der Waals surface area contributed by atoms with Crippen molar-refractivity contribution in [2.24, 2.45) is 0 Å². The summed E-state index contributed by atoms with van der Waals surface area (Å²) in [5.41, 5.74) is 0. The van der Waals surface area contributed by atoms with E-state index in [1.807, 2.05) is 0 Å². The maximum absolute atomic E-state index is 11.1. The van der Waals surface area contributed by atoms with E-state index in [4.69, 9.17) is 13.9 Å². The third-order valence-corrected chi connectivity index (χ3v) is 1.83. The lowest BCUT2D eigenvalue weighted by molar-refractivity contribution is -0.192. The van der Waals surface area contributed by atoms with Gasteiger partial charge in [0.05, 0.1) is 6.26 Å². The Labute approximate surface area is 93.3 Å². The standard InChI is InChI=1S/C11H14O5/c1-3-9(12)15-11(16-10(13)4-2)8-6-5-7-14-8/h5-7,11H,3-4H2,1-2H3. The molecule has 0 unspecified atom stereocenters. The van der Waals surface area contributed by atoms with Gasteiger partial charge in [0.15, 0.2) is 5.76 Å². The average Bonchev–Trinajstić information content (AvgIpc) is 2.81. The van der Waals surface area contributed by atoms with Gasteiger partial charge in [-0.05, 0) is 12.1 Å². The quantitative estimate of drug-likeness (QED) is 0.568. The Kier molecular flexibility index (Phi) is 4.57. The van der Waals surface area contributed by atoms with Crippen molar-refractivity contribution in [2.45, 2.75) is 33.0 Å². The molecule has 1 rings (SSSR count). The SMILES string of the molecule is CCC(=O)OC(OC(=O)CC)c1ccco1. The monoisotopic (exact) mass is 226 g/mol. The van der Waals surface area contributed by atoms with E-state index in [-0.39, 0.29) is 12.8 Å². The van der Waals surface area contributed by atoms with Gasteiger partial charge in [-0.1, -0.05) is 13.8 Å². The molecule has 16 heavy (non-hydrogen) atoms. The zero-order chi connectivity index (χ0) is 12.0. The highest BCUT2D eigenvalue weighted by Crippen LogP contribution is 2.20. The van der Waals surface area contributed by atoms with Crippen molar-refractivity contribution in [3.05, 3.63) is 24.2 Å². The fourth-order valence-electron chi connectivity index (χ4n) is 0.971. The summed E-state index contributed by atoms with van der Waals surface area (Å²) in [6.07, 6.45) is 0.749. The van der Waals surface area contributed by atoms with Crippen molar-refractivity contribution >= 4 is 11.9 Å². The number of esters is 2. The molecule has 0 fully saturated rings. The van der Waals surface area contributed by atoms with Crippen LogP contribution in [0, 0.1) is 0 Å². The van der Waals surface area contributed by atoms with Crippen molar-refractivity contribution in [1.29, 1.82) is 0 Å². The molecule has 0 N–H and O–H groups in total. The summed E-state index contributed by atoms with van der Waals surface area (Å²) < 4.78 is 14.9. The van der Waals surface area contributed by atoms with Gasteiger partial charge in [-0.2, -0.15) is 0 Å². The maximum Gasteiger partial charge on any atom is 0.308 e. The molecule has 0 amide bonds. The van der Waals surface area contributed by atoms with E-state index in [1.54, 1.807) is 26.0 Å². The van der Waals surface area contributed by atoms with Crippen LogP contribution in [-0.2, 0) is 19.1 Å². The van der Waals surface area contributed by atoms with E-state index >= 15 is 0 Å². The Bertz CT molecular complexity index is 323. The maximum atomic E-state index is 11.1. The number of carbonyl (C=O) groups is 2. The van der Waals surface area contributed by atoms with Crippen LogP contribution in [-0.4, -0.2) is 11.9 Å². The number of furan rings is 1. The summed E-state index contributed by atoms with van der Waals surface area (Å²) in [5, 5.41) is 0. The summed E-state index contributed by atoms with van der Waals surface area (Å²) in [5.74, 6) is -0.612. The van der Waals surface area contributed by atoms with Crippen LogP contribution in [0.2, 0.25) is 0 Å². The first-order valence-corrected chi connectivity index (χ1v) is 5.09. The zero-order valence-electron chi connectivity index (χ0n) is 9.26. The van der Waals surface area contributed by atoms with Gasteiger partial charge in [0.2, 0.25) is 0 Å². The largest absolute Gasteiger partial charge is 0.461 e. The molecule has 0 spiro atoms. The summed E-state index contributed by atoms with van der Waals surface area (Å²) >= 11 is 0. The van der Waals surface area contributed by atoms with Gasteiger partial charge < -0.3 is 13.9 Å². The minimum atomic E-state index is -1.09. The molecule has 0 aliphatic rings. The predicted molar refractivity (Wildman–Crippen MR) is 54.2 cm³/mol. The molecule has 0 bridgehead atoms. The smallest absolute Gasteiger partial charge is 0.308 e. The van der Waals surface area contributed by atoms with Gasteiger partial charge in [0.25, 0.3) is 0 Å². The lowest BCUT2D eigenvalue weighted by Crippen LogP contribution is -2.16. The highest BCUT2D eigenvalue weighted by Gasteiger charge is 2.22. The molecular formula is C11H14O5. The summed E-state index contributed by atoms with van der Waals surface area (Å²) in [7, 11) is 0. The van der Waals surface area contributed by atoms with Crippen LogP contribution in [0.5, 0.6) is 0 Å². The van der Waals surface area contributed by atoms with Crippen LogP contribution in [0.4, 0.5) is 0 Å². The third-order valence-electron chi connectivity index (χ3n) is 1.83. The average molecular weight is 226 g/mol. The Morgan fingerprint density at radius 3 is 2.19 bits per heavy atom. The number of ether oxygens (including phenoxy) is 2. The van der Waals surface area contributed by atoms with Crippen molar-refractivity contribution < 1.29 is 23.5 Å². The molecule has 0 aliphatic carbocycles. The van der Waals surface area contributed by atoms with Crippen LogP contribution < -0.4 is 0 Å². The molecule has 0 saturated heterocycles. The Balaban J connectivity index is 2.69. The molecule has 5 nitrogen and oxygen atoms in total. The van der Waals surface area contributed by atoms with Gasteiger partial charge in [-0.3, -0.25) is 9.59 Å². The minimum Gasteiger partial charge on any atom is -0.461 e. The molecule has 1 heterocycles. The van der Waals surface area contributed by atoms with Crippen molar-refractivity contribution in [3.63, 3.8) is 0 Å². The normalized spacial score (nSPS) is 10.2. The topological polar surface area (TPSA) is 65.7 Å². The van der Waals surface area contributed by atoms with Crippen LogP contribution in [0.15, 0.2) is 22.8 Å². The summed E-state index contributed by atoms with van der Waals surface area (Å²) in [6, 6.07) is 3.21. The second-order valence-electron chi connectivity index (χ2n) is 3.03. The highest BCUT2D eigenvalue weighted by atomic mass is 16.7. The van der Waals surface area contributed by atoms with Crippen LogP contribution in [0.25, 0.3) is 0 Å². The molecule has 88 valence electrons. The van der Waals surface area contributed by atoms with Crippen LogP contribution in [0.3, 0.4) is 0 Å². The predicted octanol–water partition coefficient (Wildman–Crippen LogP) is 2.18. The van der Waals surface area contributed by atoms with Crippen molar-refractivity contribution in [3.8, 4) is 0 Å². The first-order valence-electron chi connectivity index (χ1n) is 5.09. The van der Waals surface area contributed by atoms with Crippen LogP contribution >= 0.6 is 0 Å². The molecule has 0 aromatic carbocycles. The first-order chi connectivity index (χ1) is 7.67. The van der Waals surface area contributed by atoms with Gasteiger partial charge in [-0.25, -0.2) is 0 Å². The van der Waals surface area contributed by atoms with Gasteiger partial charge >= 0.3 is 18.2 Å². The summed E-state index contributed by atoms with van der Waals surface area (Å²) in [4.78, 5) is 22.3.